The number of benzene rings is 4. The summed E-state index contributed by atoms with van der Waals surface area (Å²) in [5, 5.41) is 35.6. The van der Waals surface area contributed by atoms with Crippen LogP contribution in [0.2, 0.25) is 5.02 Å². The molecule has 4 aromatic rings. The molecule has 328 valence electrons. The number of aromatic hydroxyl groups is 2. The lowest BCUT2D eigenvalue weighted by Gasteiger charge is -2.37. The van der Waals surface area contributed by atoms with Crippen LogP contribution in [0.25, 0.3) is 0 Å². The van der Waals surface area contributed by atoms with Gasteiger partial charge in [0.05, 0.1) is 22.9 Å². The smallest absolute Gasteiger partial charge is 0.319 e. The summed E-state index contributed by atoms with van der Waals surface area (Å²) in [6, 6.07) is 13.6. The third-order valence-corrected chi connectivity index (χ3v) is 13.6. The number of hydrogen-bond acceptors (Lipinski definition) is 8. The number of carbonyl (C=O) groups excluding carboxylic acids is 3. The van der Waals surface area contributed by atoms with Gasteiger partial charge in [0.2, 0.25) is 11.8 Å². The zero-order chi connectivity index (χ0) is 44.4. The molecule has 0 atom stereocenters. The van der Waals surface area contributed by atoms with E-state index in [4.69, 9.17) is 21.1 Å². The first kappa shape index (κ1) is 50.0. The number of rotatable bonds is 12. The van der Waals surface area contributed by atoms with E-state index >= 15 is 0 Å². The predicted octanol–water partition coefficient (Wildman–Crippen LogP) is 14.2. The van der Waals surface area contributed by atoms with Gasteiger partial charge in [-0.1, -0.05) is 59.6 Å². The van der Waals surface area contributed by atoms with Crippen molar-refractivity contribution in [3.05, 3.63) is 88.1 Å². The summed E-state index contributed by atoms with van der Waals surface area (Å²) in [5.74, 6) is 0.574. The van der Waals surface area contributed by atoms with Gasteiger partial charge in [0.1, 0.15) is 39.6 Å². The highest BCUT2D eigenvalue weighted by molar-refractivity contribution is 9.11. The van der Waals surface area contributed by atoms with E-state index in [-0.39, 0.29) is 47.5 Å². The molecule has 0 aromatic heterocycles. The number of aliphatic carboxylic acids is 1. The van der Waals surface area contributed by atoms with Crippen molar-refractivity contribution < 1.29 is 44.0 Å². The van der Waals surface area contributed by atoms with Crippen LogP contribution in [0.1, 0.15) is 109 Å². The highest BCUT2D eigenvalue weighted by atomic mass is 79.9. The number of carboxylic acid groups (broad SMARTS) is 1. The largest absolute Gasteiger partial charge is 0.507 e. The number of hydrogen-bond donors (Lipinski definition) is 5. The Balaban J connectivity index is 0.000000264. The molecule has 2 amide bonds. The molecule has 0 unspecified atom stereocenters. The molecule has 2 aliphatic rings. The van der Waals surface area contributed by atoms with Crippen LogP contribution >= 0.6 is 75.3 Å². The first-order chi connectivity index (χ1) is 28.1. The van der Waals surface area contributed by atoms with E-state index < -0.39 is 22.7 Å². The van der Waals surface area contributed by atoms with Crippen molar-refractivity contribution in [3.63, 3.8) is 0 Å². The Hall–Kier alpha value is -3.63. The van der Waals surface area contributed by atoms with Crippen molar-refractivity contribution in [3.8, 4) is 34.5 Å². The SMILES string of the molecule is C.CC(=O)C1(C(=O)Nc2cc(Br)c(Oc3cc(C)c(O)c(C(C)C)c3)c(Br)c2)CCC1.CC(C)c1cc(Oc2c(Br)cc(NC(=O)C3(C(=O)O)CCC3)cc2Br)cc(Cl)c1O. The first-order valence-electron chi connectivity index (χ1n) is 19.2. The van der Waals surface area contributed by atoms with Gasteiger partial charge in [-0.05, 0) is 163 Å². The standard InChI is InChI=1S/C23H25Br2NO4.C21H20Br2ClNO5.CH4/c1-12(2)17-11-16(8-13(3)20(17)28)30-21-18(24)9-15(10-19(21)25)26-22(29)23(14(4)27)6-5-7-23;1-10(2)13-8-12(9-16(24)17(13)26)30-18-14(22)6-11(7-15(18)23)25-19(27)21(20(28)29)4-3-5-21;/h8-12,28H,5-7H2,1-4H3,(H,26,29);6-10,26H,3-5H2,1-2H3,(H,25,27)(H,28,29);1H4. The van der Waals surface area contributed by atoms with E-state index in [0.29, 0.717) is 89.9 Å². The average molecular weight is 1120 g/mol. The first-order valence-corrected chi connectivity index (χ1v) is 22.7. The minimum Gasteiger partial charge on any atom is -0.507 e. The molecule has 0 aliphatic heterocycles. The van der Waals surface area contributed by atoms with E-state index in [2.05, 4.69) is 74.4 Å². The van der Waals surface area contributed by atoms with E-state index in [1.807, 2.05) is 40.7 Å². The van der Waals surface area contributed by atoms with Crippen molar-refractivity contribution in [1.29, 1.82) is 0 Å². The van der Waals surface area contributed by atoms with Crippen molar-refractivity contribution in [1.82, 2.24) is 0 Å². The summed E-state index contributed by atoms with van der Waals surface area (Å²) in [6.07, 6.45) is 3.45. The number of Topliss-reactive ketones (excluding diaryl/α,β-unsaturated/α-hetero) is 1. The molecule has 11 nitrogen and oxygen atoms in total. The molecule has 61 heavy (non-hydrogen) atoms. The average Bonchev–Trinajstić information content (AvgIpc) is 3.09. The Labute approximate surface area is 394 Å². The molecule has 6 rings (SSSR count). The van der Waals surface area contributed by atoms with Crippen LogP contribution in [0.4, 0.5) is 11.4 Å². The quantitative estimate of drug-likeness (QED) is 0.0866. The maximum Gasteiger partial charge on any atom is 0.319 e. The fourth-order valence-electron chi connectivity index (χ4n) is 6.90. The molecule has 4 aromatic carbocycles. The number of ketones is 1. The molecule has 2 saturated carbocycles. The van der Waals surface area contributed by atoms with Gasteiger partial charge >= 0.3 is 5.97 Å². The van der Waals surface area contributed by atoms with Gasteiger partial charge in [-0.3, -0.25) is 19.2 Å². The highest BCUT2D eigenvalue weighted by Gasteiger charge is 2.51. The molecule has 0 radical (unpaired) electrons. The fourth-order valence-corrected chi connectivity index (χ4v) is 9.81. The second kappa shape index (κ2) is 20.3. The number of carbonyl (C=O) groups is 4. The van der Waals surface area contributed by atoms with Crippen LogP contribution in [0.15, 0.2) is 66.4 Å². The third-order valence-electron chi connectivity index (χ3n) is 10.9. The lowest BCUT2D eigenvalue weighted by molar-refractivity contribution is -0.159. The van der Waals surface area contributed by atoms with E-state index in [1.54, 1.807) is 36.4 Å². The summed E-state index contributed by atoms with van der Waals surface area (Å²) < 4.78 is 14.4. The highest BCUT2D eigenvalue weighted by Crippen LogP contribution is 2.47. The molecule has 0 spiro atoms. The van der Waals surface area contributed by atoms with Crippen LogP contribution < -0.4 is 20.1 Å². The van der Waals surface area contributed by atoms with Gasteiger partial charge in [-0.15, -0.1) is 0 Å². The maximum absolute atomic E-state index is 12.7. The maximum atomic E-state index is 12.7. The Morgan fingerprint density at radius 1 is 0.656 bits per heavy atom. The zero-order valence-corrected chi connectivity index (χ0v) is 40.8. The van der Waals surface area contributed by atoms with Crippen molar-refractivity contribution >= 4 is 110 Å². The van der Waals surface area contributed by atoms with Crippen molar-refractivity contribution in [2.24, 2.45) is 10.8 Å². The lowest BCUT2D eigenvalue weighted by atomic mass is 9.65. The normalized spacial score (nSPS) is 14.6. The van der Waals surface area contributed by atoms with Crippen LogP contribution in [-0.2, 0) is 19.2 Å². The van der Waals surface area contributed by atoms with E-state index in [9.17, 15) is 34.5 Å². The molecule has 2 aliphatic carbocycles. The number of ether oxygens (including phenoxy) is 2. The van der Waals surface area contributed by atoms with Crippen molar-refractivity contribution in [2.45, 2.75) is 99.3 Å². The molecule has 5 N–H and O–H groups in total. The second-order valence-corrected chi connectivity index (χ2v) is 19.5. The summed E-state index contributed by atoms with van der Waals surface area (Å²) in [4.78, 5) is 48.8. The minimum atomic E-state index is -1.36. The number of halogens is 5. The fraction of sp³-hybridized carbons (Fsp3) is 0.378. The van der Waals surface area contributed by atoms with Gasteiger partial charge in [0.25, 0.3) is 0 Å². The number of nitrogens with one attached hydrogen (secondary N) is 2. The molecule has 16 heteroatoms. The molecule has 2 fully saturated rings. The Kier molecular flexibility index (Phi) is 16.6. The Bertz CT molecular complexity index is 2150. The van der Waals surface area contributed by atoms with E-state index in [1.165, 1.54) is 13.0 Å². The minimum absolute atomic E-state index is 0. The van der Waals surface area contributed by atoms with Crippen LogP contribution in [0.3, 0.4) is 0 Å². The number of amides is 2. The van der Waals surface area contributed by atoms with E-state index in [0.717, 1.165) is 17.5 Å². The molecule has 0 heterocycles. The number of phenols is 2. The summed E-state index contributed by atoms with van der Waals surface area (Å²) in [5.41, 5.74) is 0.968. The van der Waals surface area contributed by atoms with Gasteiger partial charge in [0.15, 0.2) is 11.5 Å². The summed E-state index contributed by atoms with van der Waals surface area (Å²) in [7, 11) is 0. The second-order valence-electron chi connectivity index (χ2n) is 15.7. The third kappa shape index (κ3) is 10.8. The Morgan fingerprint density at radius 2 is 1.03 bits per heavy atom. The summed E-state index contributed by atoms with van der Waals surface area (Å²) in [6.45, 7) is 11.2. The number of aryl methyl sites for hydroxylation is 1. The number of carboxylic acids is 1. The molecular weight excluding hydrogens is 1070 g/mol. The predicted molar refractivity (Wildman–Crippen MR) is 253 cm³/mol. The molecule has 0 saturated heterocycles. The number of anilines is 2. The van der Waals surface area contributed by atoms with Crippen LogP contribution in [0.5, 0.6) is 34.5 Å². The monoisotopic (exact) mass is 1110 g/mol. The van der Waals surface area contributed by atoms with Crippen LogP contribution in [-0.4, -0.2) is 38.9 Å². The van der Waals surface area contributed by atoms with Gasteiger partial charge < -0.3 is 35.4 Å². The van der Waals surface area contributed by atoms with Crippen molar-refractivity contribution in [2.75, 3.05) is 10.6 Å². The lowest BCUT2D eigenvalue weighted by Crippen LogP contribution is -2.48. The van der Waals surface area contributed by atoms with Gasteiger partial charge in [-0.25, -0.2) is 0 Å². The van der Waals surface area contributed by atoms with Crippen LogP contribution in [0, 0.1) is 17.8 Å². The number of phenolic OH excluding ortho intramolecular Hbond substituents is 2. The molecule has 0 bridgehead atoms. The van der Waals surface area contributed by atoms with Gasteiger partial charge in [0, 0.05) is 28.6 Å². The topological polar surface area (TPSA) is 171 Å². The molecular formula is C45H49Br4ClN2O9. The Morgan fingerprint density at radius 3 is 1.38 bits per heavy atom. The van der Waals surface area contributed by atoms with Gasteiger partial charge in [-0.2, -0.15) is 0 Å². The summed E-state index contributed by atoms with van der Waals surface area (Å²) >= 11 is 20.0. The zero-order valence-electron chi connectivity index (χ0n) is 33.7.